The summed E-state index contributed by atoms with van der Waals surface area (Å²) >= 11 is 0. The molecule has 0 radical (unpaired) electrons. The molecule has 0 spiro atoms. The second-order valence-electron chi connectivity index (χ2n) is 3.57. The molecule has 2 aromatic rings. The first kappa shape index (κ1) is 11.5. The van der Waals surface area contributed by atoms with Crippen molar-refractivity contribution in [3.63, 3.8) is 0 Å². The average Bonchev–Trinajstić information content (AvgIpc) is 2.38. The predicted molar refractivity (Wildman–Crippen MR) is 63.7 cm³/mol. The molecule has 0 atom stereocenters. The van der Waals surface area contributed by atoms with Gasteiger partial charge in [0.05, 0.1) is 7.11 Å². The Labute approximate surface area is 99.6 Å². The van der Waals surface area contributed by atoms with E-state index in [9.17, 15) is 4.39 Å². The summed E-state index contributed by atoms with van der Waals surface area (Å²) in [5.74, 6) is 0.604. The van der Waals surface area contributed by atoms with Crippen LogP contribution in [-0.2, 0) is 6.61 Å². The lowest BCUT2D eigenvalue weighted by Gasteiger charge is -2.10. The summed E-state index contributed by atoms with van der Waals surface area (Å²) in [5.41, 5.74) is 1.03. The third kappa shape index (κ3) is 2.97. The molecule has 17 heavy (non-hydrogen) atoms. The SMILES string of the molecule is COc1ccc(F)cc1OCc1ccccc1. The molecule has 0 aliphatic carbocycles. The molecule has 0 bridgehead atoms. The zero-order chi connectivity index (χ0) is 12.1. The van der Waals surface area contributed by atoms with Crippen LogP contribution in [0.1, 0.15) is 5.56 Å². The van der Waals surface area contributed by atoms with E-state index in [-0.39, 0.29) is 5.82 Å². The number of rotatable bonds is 4. The summed E-state index contributed by atoms with van der Waals surface area (Å²) in [6, 6.07) is 13.9. The molecule has 0 unspecified atom stereocenters. The number of hydrogen-bond donors (Lipinski definition) is 0. The van der Waals surface area contributed by atoms with Crippen LogP contribution in [0, 0.1) is 5.82 Å². The Hall–Kier alpha value is -2.03. The van der Waals surface area contributed by atoms with Gasteiger partial charge in [0.2, 0.25) is 0 Å². The maximum atomic E-state index is 13.1. The Bertz CT molecular complexity index is 483. The van der Waals surface area contributed by atoms with Gasteiger partial charge in [0.15, 0.2) is 11.5 Å². The molecular formula is C14H13FO2. The Kier molecular flexibility index (Phi) is 3.60. The highest BCUT2D eigenvalue weighted by Crippen LogP contribution is 2.28. The van der Waals surface area contributed by atoms with Gasteiger partial charge < -0.3 is 9.47 Å². The number of hydrogen-bond acceptors (Lipinski definition) is 2. The number of halogens is 1. The van der Waals surface area contributed by atoms with Crippen LogP contribution in [0.25, 0.3) is 0 Å². The molecule has 0 saturated carbocycles. The largest absolute Gasteiger partial charge is 0.493 e. The third-order valence-corrected chi connectivity index (χ3v) is 2.36. The highest BCUT2D eigenvalue weighted by atomic mass is 19.1. The standard InChI is InChI=1S/C14H13FO2/c1-16-13-8-7-12(15)9-14(13)17-10-11-5-3-2-4-6-11/h2-9H,10H2,1H3. The van der Waals surface area contributed by atoms with E-state index < -0.39 is 0 Å². The van der Waals surface area contributed by atoms with Crippen LogP contribution in [0.5, 0.6) is 11.5 Å². The van der Waals surface area contributed by atoms with Gasteiger partial charge in [-0.1, -0.05) is 30.3 Å². The molecule has 2 aromatic carbocycles. The van der Waals surface area contributed by atoms with E-state index in [1.807, 2.05) is 30.3 Å². The first-order valence-corrected chi connectivity index (χ1v) is 5.30. The molecule has 3 heteroatoms. The quantitative estimate of drug-likeness (QED) is 0.804. The van der Waals surface area contributed by atoms with Crippen molar-refractivity contribution >= 4 is 0 Å². The van der Waals surface area contributed by atoms with Gasteiger partial charge in [-0.3, -0.25) is 0 Å². The lowest BCUT2D eigenvalue weighted by Crippen LogP contribution is -1.97. The van der Waals surface area contributed by atoms with Crippen LogP contribution in [-0.4, -0.2) is 7.11 Å². The fraction of sp³-hybridized carbons (Fsp3) is 0.143. The highest BCUT2D eigenvalue weighted by Gasteiger charge is 2.05. The van der Waals surface area contributed by atoms with Crippen LogP contribution in [0.2, 0.25) is 0 Å². The number of methoxy groups -OCH3 is 1. The second-order valence-corrected chi connectivity index (χ2v) is 3.57. The van der Waals surface area contributed by atoms with E-state index in [4.69, 9.17) is 9.47 Å². The maximum absolute atomic E-state index is 13.1. The van der Waals surface area contributed by atoms with Gasteiger partial charge in [0.25, 0.3) is 0 Å². The van der Waals surface area contributed by atoms with Gasteiger partial charge in [0.1, 0.15) is 12.4 Å². The van der Waals surface area contributed by atoms with Gasteiger partial charge >= 0.3 is 0 Å². The molecule has 0 fully saturated rings. The van der Waals surface area contributed by atoms with Crippen LogP contribution in [0.3, 0.4) is 0 Å². The van der Waals surface area contributed by atoms with Crippen LogP contribution in [0.4, 0.5) is 4.39 Å². The lowest BCUT2D eigenvalue weighted by atomic mass is 10.2. The maximum Gasteiger partial charge on any atom is 0.164 e. The Morgan fingerprint density at radius 1 is 1.00 bits per heavy atom. The van der Waals surface area contributed by atoms with Crippen molar-refractivity contribution in [2.24, 2.45) is 0 Å². The zero-order valence-electron chi connectivity index (χ0n) is 9.52. The van der Waals surface area contributed by atoms with E-state index in [1.54, 1.807) is 6.07 Å². The van der Waals surface area contributed by atoms with E-state index in [0.29, 0.717) is 18.1 Å². The molecule has 0 amide bonds. The molecule has 0 saturated heterocycles. The minimum atomic E-state index is -0.339. The minimum Gasteiger partial charge on any atom is -0.493 e. The van der Waals surface area contributed by atoms with Crippen molar-refractivity contribution < 1.29 is 13.9 Å². The van der Waals surface area contributed by atoms with Gasteiger partial charge in [-0.25, -0.2) is 4.39 Å². The van der Waals surface area contributed by atoms with Crippen molar-refractivity contribution in [2.75, 3.05) is 7.11 Å². The van der Waals surface area contributed by atoms with Crippen LogP contribution >= 0.6 is 0 Å². The summed E-state index contributed by atoms with van der Waals surface area (Å²) in [7, 11) is 1.53. The summed E-state index contributed by atoms with van der Waals surface area (Å²) in [6.07, 6.45) is 0. The summed E-state index contributed by atoms with van der Waals surface area (Å²) in [5, 5.41) is 0. The molecule has 2 rings (SSSR count). The summed E-state index contributed by atoms with van der Waals surface area (Å²) < 4.78 is 23.7. The minimum absolute atomic E-state index is 0.339. The Balaban J connectivity index is 2.11. The highest BCUT2D eigenvalue weighted by molar-refractivity contribution is 5.40. The summed E-state index contributed by atoms with van der Waals surface area (Å²) in [6.45, 7) is 0.390. The monoisotopic (exact) mass is 232 g/mol. The molecule has 0 aliphatic rings. The van der Waals surface area contributed by atoms with Crippen molar-refractivity contribution in [1.82, 2.24) is 0 Å². The molecule has 0 N–H and O–H groups in total. The Morgan fingerprint density at radius 2 is 1.76 bits per heavy atom. The van der Waals surface area contributed by atoms with Gasteiger partial charge in [-0.05, 0) is 17.7 Å². The van der Waals surface area contributed by atoms with Gasteiger partial charge in [-0.2, -0.15) is 0 Å². The van der Waals surface area contributed by atoms with E-state index in [0.717, 1.165) is 5.56 Å². The first-order valence-electron chi connectivity index (χ1n) is 5.30. The molecule has 88 valence electrons. The van der Waals surface area contributed by atoms with Gasteiger partial charge in [0, 0.05) is 6.07 Å². The van der Waals surface area contributed by atoms with E-state index >= 15 is 0 Å². The number of benzene rings is 2. The number of ether oxygens (including phenoxy) is 2. The normalized spacial score (nSPS) is 10.0. The lowest BCUT2D eigenvalue weighted by molar-refractivity contribution is 0.283. The smallest absolute Gasteiger partial charge is 0.164 e. The second kappa shape index (κ2) is 5.34. The third-order valence-electron chi connectivity index (χ3n) is 2.36. The van der Waals surface area contributed by atoms with Crippen molar-refractivity contribution in [1.29, 1.82) is 0 Å². The fourth-order valence-electron chi connectivity index (χ4n) is 1.50. The van der Waals surface area contributed by atoms with Crippen LogP contribution < -0.4 is 9.47 Å². The van der Waals surface area contributed by atoms with Crippen molar-refractivity contribution in [2.45, 2.75) is 6.61 Å². The Morgan fingerprint density at radius 3 is 2.47 bits per heavy atom. The molecule has 0 aliphatic heterocycles. The first-order chi connectivity index (χ1) is 8.29. The van der Waals surface area contributed by atoms with Gasteiger partial charge in [-0.15, -0.1) is 0 Å². The van der Waals surface area contributed by atoms with Crippen molar-refractivity contribution in [3.8, 4) is 11.5 Å². The van der Waals surface area contributed by atoms with E-state index in [1.165, 1.54) is 19.2 Å². The fourth-order valence-corrected chi connectivity index (χ4v) is 1.50. The van der Waals surface area contributed by atoms with Crippen molar-refractivity contribution in [3.05, 3.63) is 59.9 Å². The average molecular weight is 232 g/mol. The summed E-state index contributed by atoms with van der Waals surface area (Å²) in [4.78, 5) is 0. The molecular weight excluding hydrogens is 219 g/mol. The molecule has 0 aromatic heterocycles. The topological polar surface area (TPSA) is 18.5 Å². The molecule has 2 nitrogen and oxygen atoms in total. The zero-order valence-corrected chi connectivity index (χ0v) is 9.52. The van der Waals surface area contributed by atoms with E-state index in [2.05, 4.69) is 0 Å². The predicted octanol–water partition coefficient (Wildman–Crippen LogP) is 3.41. The molecule has 0 heterocycles. The van der Waals surface area contributed by atoms with Crippen LogP contribution in [0.15, 0.2) is 48.5 Å².